The van der Waals surface area contributed by atoms with Crippen LogP contribution in [0.5, 0.6) is 0 Å². The van der Waals surface area contributed by atoms with E-state index in [1.165, 1.54) is 0 Å². The molecule has 0 aliphatic rings. The van der Waals surface area contributed by atoms with E-state index in [9.17, 15) is 0 Å². The van der Waals surface area contributed by atoms with Crippen molar-refractivity contribution in [3.05, 3.63) is 12.2 Å². The van der Waals surface area contributed by atoms with E-state index in [4.69, 9.17) is 0 Å². The van der Waals surface area contributed by atoms with Gasteiger partial charge >= 0.3 is 0 Å². The van der Waals surface area contributed by atoms with Crippen molar-refractivity contribution in [2.75, 3.05) is 27.2 Å². The molecule has 1 N–H and O–H groups in total. The lowest BCUT2D eigenvalue weighted by molar-refractivity contribution is 0.396. The van der Waals surface area contributed by atoms with Crippen molar-refractivity contribution in [2.45, 2.75) is 26.4 Å². The molecule has 0 amide bonds. The van der Waals surface area contributed by atoms with Crippen LogP contribution in [0.25, 0.3) is 0 Å². The molecule has 0 radical (unpaired) electrons. The van der Waals surface area contributed by atoms with Gasteiger partial charge in [0.25, 0.3) is 0 Å². The lowest BCUT2D eigenvalue weighted by Gasteiger charge is -2.10. The number of aromatic nitrogens is 3. The maximum Gasteiger partial charge on any atom is 0.140 e. The number of hydrogen-bond donors (Lipinski definition) is 1. The second-order valence-electron chi connectivity index (χ2n) is 3.88. The molecule has 0 unspecified atom stereocenters. The largest absolute Gasteiger partial charge is 0.309 e. The maximum absolute atomic E-state index is 4.23. The van der Waals surface area contributed by atoms with E-state index < -0.39 is 0 Å². The van der Waals surface area contributed by atoms with Crippen LogP contribution < -0.4 is 5.32 Å². The molecule has 86 valence electrons. The van der Waals surface area contributed by atoms with Crippen molar-refractivity contribution in [1.29, 1.82) is 0 Å². The van der Waals surface area contributed by atoms with Crippen LogP contribution in [0.3, 0.4) is 0 Å². The quantitative estimate of drug-likeness (QED) is 0.661. The maximum atomic E-state index is 4.23. The van der Waals surface area contributed by atoms with Crippen molar-refractivity contribution in [3.8, 4) is 0 Å². The highest BCUT2D eigenvalue weighted by molar-refractivity contribution is 4.83. The van der Waals surface area contributed by atoms with Crippen LogP contribution in [0.15, 0.2) is 6.33 Å². The van der Waals surface area contributed by atoms with Gasteiger partial charge in [0.2, 0.25) is 0 Å². The monoisotopic (exact) mass is 211 g/mol. The van der Waals surface area contributed by atoms with E-state index in [0.717, 1.165) is 38.4 Å². The zero-order valence-corrected chi connectivity index (χ0v) is 9.90. The van der Waals surface area contributed by atoms with Gasteiger partial charge in [0.05, 0.1) is 6.54 Å². The third-order valence-corrected chi connectivity index (χ3v) is 2.15. The average molecular weight is 211 g/mol. The zero-order valence-electron chi connectivity index (χ0n) is 9.90. The van der Waals surface area contributed by atoms with Crippen LogP contribution in [-0.2, 0) is 13.1 Å². The highest BCUT2D eigenvalue weighted by Gasteiger charge is 2.01. The van der Waals surface area contributed by atoms with E-state index in [1.807, 2.05) is 4.68 Å². The van der Waals surface area contributed by atoms with Crippen molar-refractivity contribution in [1.82, 2.24) is 25.0 Å². The van der Waals surface area contributed by atoms with Gasteiger partial charge in [0.1, 0.15) is 12.2 Å². The molecule has 0 spiro atoms. The highest BCUT2D eigenvalue weighted by atomic mass is 15.3. The molecule has 1 aromatic rings. The van der Waals surface area contributed by atoms with Crippen molar-refractivity contribution >= 4 is 0 Å². The minimum Gasteiger partial charge on any atom is -0.309 e. The van der Waals surface area contributed by atoms with Crippen LogP contribution in [-0.4, -0.2) is 46.8 Å². The summed E-state index contributed by atoms with van der Waals surface area (Å²) in [7, 11) is 4.14. The first-order valence-corrected chi connectivity index (χ1v) is 5.46. The number of hydrogen-bond acceptors (Lipinski definition) is 4. The fourth-order valence-corrected chi connectivity index (χ4v) is 1.33. The minimum atomic E-state index is 0.799. The molecule has 0 saturated carbocycles. The molecule has 15 heavy (non-hydrogen) atoms. The van der Waals surface area contributed by atoms with Crippen molar-refractivity contribution in [3.63, 3.8) is 0 Å². The summed E-state index contributed by atoms with van der Waals surface area (Å²) in [6.45, 7) is 5.91. The third kappa shape index (κ3) is 4.40. The van der Waals surface area contributed by atoms with Gasteiger partial charge in [0.15, 0.2) is 0 Å². The van der Waals surface area contributed by atoms with Gasteiger partial charge in [-0.25, -0.2) is 9.67 Å². The molecule has 0 saturated heterocycles. The molecule has 0 bridgehead atoms. The summed E-state index contributed by atoms with van der Waals surface area (Å²) < 4.78 is 1.96. The predicted molar refractivity (Wildman–Crippen MR) is 60.6 cm³/mol. The Hall–Kier alpha value is -0.940. The molecule has 0 aromatic carbocycles. The number of likely N-dealkylation sites (N-methyl/N-ethyl adjacent to an activating group) is 1. The van der Waals surface area contributed by atoms with Gasteiger partial charge in [-0.2, -0.15) is 5.10 Å². The molecule has 1 aromatic heterocycles. The molecular weight excluding hydrogens is 190 g/mol. The third-order valence-electron chi connectivity index (χ3n) is 2.15. The first-order valence-electron chi connectivity index (χ1n) is 5.46. The zero-order chi connectivity index (χ0) is 11.1. The SMILES string of the molecule is CCCn1ncnc1CNCCN(C)C. The Morgan fingerprint density at radius 1 is 1.47 bits per heavy atom. The van der Waals surface area contributed by atoms with Gasteiger partial charge in [0, 0.05) is 19.6 Å². The predicted octanol–water partition coefficient (Wildman–Crippen LogP) is 0.339. The van der Waals surface area contributed by atoms with E-state index in [0.29, 0.717) is 0 Å². The molecule has 0 aliphatic heterocycles. The Bertz CT molecular complexity index is 269. The summed E-state index contributed by atoms with van der Waals surface area (Å²) >= 11 is 0. The van der Waals surface area contributed by atoms with Gasteiger partial charge < -0.3 is 10.2 Å². The first-order chi connectivity index (χ1) is 7.24. The van der Waals surface area contributed by atoms with E-state index in [2.05, 4.69) is 41.3 Å². The van der Waals surface area contributed by atoms with Gasteiger partial charge in [-0.1, -0.05) is 6.92 Å². The molecule has 0 aliphatic carbocycles. The first kappa shape index (κ1) is 12.1. The number of rotatable bonds is 7. The summed E-state index contributed by atoms with van der Waals surface area (Å²) in [6, 6.07) is 0. The summed E-state index contributed by atoms with van der Waals surface area (Å²) in [5.41, 5.74) is 0. The van der Waals surface area contributed by atoms with Gasteiger partial charge in [-0.3, -0.25) is 0 Å². The van der Waals surface area contributed by atoms with Gasteiger partial charge in [-0.15, -0.1) is 0 Å². The second-order valence-corrected chi connectivity index (χ2v) is 3.88. The molecule has 5 heteroatoms. The lowest BCUT2D eigenvalue weighted by Crippen LogP contribution is -2.27. The van der Waals surface area contributed by atoms with E-state index in [1.54, 1.807) is 6.33 Å². The summed E-state index contributed by atoms with van der Waals surface area (Å²) in [6.07, 6.45) is 2.71. The van der Waals surface area contributed by atoms with E-state index in [-0.39, 0.29) is 0 Å². The van der Waals surface area contributed by atoms with Gasteiger partial charge in [-0.05, 0) is 20.5 Å². The lowest BCUT2D eigenvalue weighted by atomic mass is 10.4. The fraction of sp³-hybridized carbons (Fsp3) is 0.800. The summed E-state index contributed by atoms with van der Waals surface area (Å²) in [5.74, 6) is 1.02. The Morgan fingerprint density at radius 2 is 2.27 bits per heavy atom. The normalized spacial score (nSPS) is 11.2. The van der Waals surface area contributed by atoms with Crippen LogP contribution >= 0.6 is 0 Å². The highest BCUT2D eigenvalue weighted by Crippen LogP contribution is 1.95. The summed E-state index contributed by atoms with van der Waals surface area (Å²) in [4.78, 5) is 6.38. The molecule has 0 fully saturated rings. The van der Waals surface area contributed by atoms with Crippen LogP contribution in [0.4, 0.5) is 0 Å². The average Bonchev–Trinajstić information content (AvgIpc) is 2.61. The van der Waals surface area contributed by atoms with Crippen LogP contribution in [0.2, 0.25) is 0 Å². The Kier molecular flexibility index (Phi) is 5.28. The van der Waals surface area contributed by atoms with Crippen molar-refractivity contribution in [2.24, 2.45) is 0 Å². The smallest absolute Gasteiger partial charge is 0.140 e. The minimum absolute atomic E-state index is 0.799. The molecular formula is C10H21N5. The standard InChI is InChI=1S/C10H21N5/c1-4-6-15-10(12-9-13-15)8-11-5-7-14(2)3/h9,11H,4-8H2,1-3H3. The number of nitrogens with zero attached hydrogens (tertiary/aromatic N) is 4. The van der Waals surface area contributed by atoms with Crippen LogP contribution in [0.1, 0.15) is 19.2 Å². The number of nitrogens with one attached hydrogen (secondary N) is 1. The second kappa shape index (κ2) is 6.53. The number of aryl methyl sites for hydroxylation is 1. The Morgan fingerprint density at radius 3 is 2.93 bits per heavy atom. The van der Waals surface area contributed by atoms with Crippen LogP contribution in [0, 0.1) is 0 Å². The molecule has 0 atom stereocenters. The molecule has 1 heterocycles. The van der Waals surface area contributed by atoms with Crippen molar-refractivity contribution < 1.29 is 0 Å². The molecule has 5 nitrogen and oxygen atoms in total. The Labute approximate surface area is 91.5 Å². The Balaban J connectivity index is 2.27. The molecule has 1 rings (SSSR count). The summed E-state index contributed by atoms with van der Waals surface area (Å²) in [5, 5.41) is 7.53. The topological polar surface area (TPSA) is 46.0 Å². The van der Waals surface area contributed by atoms with E-state index >= 15 is 0 Å². The fourth-order valence-electron chi connectivity index (χ4n) is 1.33.